The lowest BCUT2D eigenvalue weighted by Gasteiger charge is -2.13. The minimum atomic E-state index is -0.415. The summed E-state index contributed by atoms with van der Waals surface area (Å²) in [7, 11) is 0. The summed E-state index contributed by atoms with van der Waals surface area (Å²) in [6.07, 6.45) is 3.09. The molecule has 0 heterocycles. The van der Waals surface area contributed by atoms with Gasteiger partial charge in [0.2, 0.25) is 5.91 Å². The Bertz CT molecular complexity index is 1100. The van der Waals surface area contributed by atoms with Gasteiger partial charge in [0.05, 0.1) is 25.9 Å². The van der Waals surface area contributed by atoms with Crippen molar-refractivity contribution in [3.63, 3.8) is 0 Å². The van der Waals surface area contributed by atoms with Crippen LogP contribution in [0.1, 0.15) is 43.9 Å². The summed E-state index contributed by atoms with van der Waals surface area (Å²) in [5, 5.41) is 15.7. The number of benzene rings is 2. The Balaban J connectivity index is 2.05. The highest BCUT2D eigenvalue weighted by Gasteiger charge is 2.14. The number of nitro groups is 1. The lowest BCUT2D eigenvalue weighted by atomic mass is 10.1. The first kappa shape index (κ1) is 27.0. The van der Waals surface area contributed by atoms with E-state index in [0.29, 0.717) is 10.2 Å². The molecule has 0 spiro atoms. The molecule has 0 radical (unpaired) electrons. The normalized spacial score (nSPS) is 11.2. The van der Waals surface area contributed by atoms with Gasteiger partial charge >= 0.3 is 0 Å². The number of allylic oxidation sites excluding steroid dienone is 2. The number of nitro benzene ring substituents is 1. The summed E-state index contributed by atoms with van der Waals surface area (Å²) in [4.78, 5) is 24.5. The van der Waals surface area contributed by atoms with Crippen molar-refractivity contribution in [2.75, 3.05) is 0 Å². The number of hydrogen-bond acceptors (Lipinski definition) is 6. The minimum Gasteiger partial charge on any atom is -0.394 e. The summed E-state index contributed by atoms with van der Waals surface area (Å²) >= 11 is 6.16. The van der Waals surface area contributed by atoms with Crippen molar-refractivity contribution >= 4 is 51.0 Å². The quantitative estimate of drug-likeness (QED) is 0.192. The SMILES string of the molecule is CC/C=C(\N)Sc1cc(CC(=O)NC(SCc2ccc(Br)c([N+](=O)[O-])c2)=C(C)C)ccc1C. The van der Waals surface area contributed by atoms with E-state index in [-0.39, 0.29) is 18.0 Å². The maximum atomic E-state index is 12.8. The third-order valence-electron chi connectivity index (χ3n) is 4.55. The summed E-state index contributed by atoms with van der Waals surface area (Å²) in [5.41, 5.74) is 9.87. The molecule has 0 aliphatic carbocycles. The van der Waals surface area contributed by atoms with Gasteiger partial charge in [-0.1, -0.05) is 43.0 Å². The predicted molar refractivity (Wildman–Crippen MR) is 142 cm³/mol. The molecule has 2 aromatic rings. The van der Waals surface area contributed by atoms with Crippen molar-refractivity contribution < 1.29 is 9.72 Å². The Hall–Kier alpha value is -2.23. The van der Waals surface area contributed by atoms with Crippen LogP contribution in [0, 0.1) is 17.0 Å². The molecule has 2 aromatic carbocycles. The van der Waals surface area contributed by atoms with Crippen molar-refractivity contribution in [3.8, 4) is 0 Å². The smallest absolute Gasteiger partial charge is 0.283 e. The second-order valence-corrected chi connectivity index (χ2v) is 10.6. The summed E-state index contributed by atoms with van der Waals surface area (Å²) in [6.45, 7) is 7.92. The van der Waals surface area contributed by atoms with E-state index in [2.05, 4.69) is 21.2 Å². The van der Waals surface area contributed by atoms with Crippen molar-refractivity contribution in [2.24, 2.45) is 5.73 Å². The molecule has 0 bridgehead atoms. The van der Waals surface area contributed by atoms with E-state index >= 15 is 0 Å². The number of nitrogens with one attached hydrogen (secondary N) is 1. The number of halogens is 1. The standard InChI is InChI=1S/C24H28BrN3O3S2/c1-5-6-22(26)33-21-12-17(8-7-16(21)4)13-23(29)27-24(15(2)3)32-14-18-9-10-19(25)20(11-18)28(30)31/h6-12H,5,13-14,26H2,1-4H3,(H,27,29)/b22-6+. The summed E-state index contributed by atoms with van der Waals surface area (Å²) in [5.74, 6) is 0.390. The molecule has 0 atom stereocenters. The Morgan fingerprint density at radius 3 is 2.55 bits per heavy atom. The second-order valence-electron chi connectivity index (χ2n) is 7.60. The van der Waals surface area contributed by atoms with Gasteiger partial charge < -0.3 is 11.1 Å². The number of hydrogen-bond donors (Lipinski definition) is 2. The van der Waals surface area contributed by atoms with Gasteiger partial charge in [0.25, 0.3) is 5.69 Å². The van der Waals surface area contributed by atoms with Crippen LogP contribution in [0.2, 0.25) is 0 Å². The van der Waals surface area contributed by atoms with Gasteiger partial charge in [0.1, 0.15) is 0 Å². The number of nitrogens with two attached hydrogens (primary N) is 1. The maximum Gasteiger partial charge on any atom is 0.283 e. The first-order valence-electron chi connectivity index (χ1n) is 10.4. The molecule has 33 heavy (non-hydrogen) atoms. The van der Waals surface area contributed by atoms with E-state index in [1.807, 2.05) is 58.0 Å². The van der Waals surface area contributed by atoms with Gasteiger partial charge in [0, 0.05) is 16.7 Å². The molecule has 0 aliphatic heterocycles. The van der Waals surface area contributed by atoms with E-state index in [4.69, 9.17) is 5.73 Å². The molecule has 3 N–H and O–H groups in total. The zero-order valence-electron chi connectivity index (χ0n) is 19.1. The van der Waals surface area contributed by atoms with Gasteiger partial charge in [-0.3, -0.25) is 14.9 Å². The van der Waals surface area contributed by atoms with E-state index in [0.717, 1.165) is 43.6 Å². The number of thioether (sulfide) groups is 2. The van der Waals surface area contributed by atoms with E-state index in [9.17, 15) is 14.9 Å². The highest BCUT2D eigenvalue weighted by atomic mass is 79.9. The molecule has 0 aliphatic rings. The first-order valence-corrected chi connectivity index (χ1v) is 13.0. The fourth-order valence-corrected chi connectivity index (χ4v) is 5.14. The number of rotatable bonds is 10. The van der Waals surface area contributed by atoms with Crippen molar-refractivity contribution in [3.05, 3.63) is 89.4 Å². The first-order chi connectivity index (χ1) is 15.6. The molecular weight excluding hydrogens is 522 g/mol. The van der Waals surface area contributed by atoms with Gasteiger partial charge in [0.15, 0.2) is 0 Å². The summed E-state index contributed by atoms with van der Waals surface area (Å²) < 4.78 is 0.444. The van der Waals surface area contributed by atoms with Crippen LogP contribution in [0.5, 0.6) is 0 Å². The molecule has 0 aromatic heterocycles. The Morgan fingerprint density at radius 2 is 1.91 bits per heavy atom. The Morgan fingerprint density at radius 1 is 1.21 bits per heavy atom. The van der Waals surface area contributed by atoms with Crippen LogP contribution < -0.4 is 11.1 Å². The molecule has 0 unspecified atom stereocenters. The average molecular weight is 551 g/mol. The summed E-state index contributed by atoms with van der Waals surface area (Å²) in [6, 6.07) is 11.0. The van der Waals surface area contributed by atoms with Gasteiger partial charge in [-0.05, 0) is 77.5 Å². The average Bonchev–Trinajstić information content (AvgIpc) is 2.74. The molecule has 176 valence electrons. The van der Waals surface area contributed by atoms with Crippen LogP contribution >= 0.6 is 39.5 Å². The lowest BCUT2D eigenvalue weighted by Crippen LogP contribution is -2.24. The monoisotopic (exact) mass is 549 g/mol. The van der Waals surface area contributed by atoms with E-state index in [1.54, 1.807) is 12.1 Å². The largest absolute Gasteiger partial charge is 0.394 e. The lowest BCUT2D eigenvalue weighted by molar-refractivity contribution is -0.385. The molecular formula is C24H28BrN3O3S2. The van der Waals surface area contributed by atoms with Crippen LogP contribution in [-0.4, -0.2) is 10.8 Å². The van der Waals surface area contributed by atoms with Crippen LogP contribution in [0.15, 0.2) is 67.5 Å². The van der Waals surface area contributed by atoms with Crippen molar-refractivity contribution in [1.82, 2.24) is 5.32 Å². The van der Waals surface area contributed by atoms with Gasteiger partial charge in [-0.2, -0.15) is 0 Å². The van der Waals surface area contributed by atoms with Gasteiger partial charge in [-0.15, -0.1) is 11.8 Å². The highest BCUT2D eigenvalue weighted by Crippen LogP contribution is 2.30. The fourth-order valence-electron chi connectivity index (χ4n) is 2.84. The van der Waals surface area contributed by atoms with Crippen molar-refractivity contribution in [1.29, 1.82) is 0 Å². The van der Waals surface area contributed by atoms with E-state index in [1.165, 1.54) is 23.5 Å². The maximum absolute atomic E-state index is 12.8. The second kappa shape index (κ2) is 12.9. The molecule has 6 nitrogen and oxygen atoms in total. The number of nitrogens with zero attached hydrogens (tertiary/aromatic N) is 1. The van der Waals surface area contributed by atoms with Crippen LogP contribution in [0.4, 0.5) is 5.69 Å². The zero-order chi connectivity index (χ0) is 24.5. The zero-order valence-corrected chi connectivity index (χ0v) is 22.3. The molecule has 9 heteroatoms. The number of amides is 1. The Kier molecular flexibility index (Phi) is 10.5. The minimum absolute atomic E-state index is 0.0262. The molecule has 0 saturated carbocycles. The predicted octanol–water partition coefficient (Wildman–Crippen LogP) is 6.81. The van der Waals surface area contributed by atoms with Crippen LogP contribution in [0.3, 0.4) is 0 Å². The molecule has 0 fully saturated rings. The number of carbonyl (C=O) groups is 1. The van der Waals surface area contributed by atoms with Crippen LogP contribution in [0.25, 0.3) is 0 Å². The van der Waals surface area contributed by atoms with Gasteiger partial charge in [-0.25, -0.2) is 0 Å². The topological polar surface area (TPSA) is 98.3 Å². The molecule has 0 saturated heterocycles. The fraction of sp³-hybridized carbons (Fsp3) is 0.292. The third kappa shape index (κ3) is 8.57. The number of carbonyl (C=O) groups excluding carboxylic acids is 1. The highest BCUT2D eigenvalue weighted by molar-refractivity contribution is 9.10. The Labute approximate surface area is 211 Å². The van der Waals surface area contributed by atoms with Crippen LogP contribution in [-0.2, 0) is 17.0 Å². The number of aryl methyl sites for hydroxylation is 1. The van der Waals surface area contributed by atoms with Crippen molar-refractivity contribution in [2.45, 2.75) is 51.2 Å². The molecule has 1 amide bonds. The van der Waals surface area contributed by atoms with E-state index < -0.39 is 4.92 Å². The third-order valence-corrected chi connectivity index (χ3v) is 7.56. The molecule has 2 rings (SSSR count).